The van der Waals surface area contributed by atoms with Gasteiger partial charge in [-0.3, -0.25) is 4.98 Å². The molecule has 29 heavy (non-hydrogen) atoms. The molecule has 0 saturated heterocycles. The van der Waals surface area contributed by atoms with Crippen LogP contribution in [0.15, 0.2) is 90.1 Å². The van der Waals surface area contributed by atoms with E-state index in [0.29, 0.717) is 5.56 Å². The summed E-state index contributed by atoms with van der Waals surface area (Å²) in [6.07, 6.45) is 3.77. The van der Waals surface area contributed by atoms with Crippen molar-refractivity contribution in [3.63, 3.8) is 0 Å². The molecule has 0 saturated carbocycles. The molecule has 1 aromatic heterocycles. The van der Waals surface area contributed by atoms with Crippen molar-refractivity contribution < 1.29 is 0 Å². The average Bonchev–Trinajstić information content (AvgIpc) is 2.79. The van der Waals surface area contributed by atoms with Crippen molar-refractivity contribution in [2.45, 2.75) is 11.4 Å². The fourth-order valence-electron chi connectivity index (χ4n) is 3.24. The van der Waals surface area contributed by atoms with E-state index < -0.39 is 0 Å². The summed E-state index contributed by atoms with van der Waals surface area (Å²) in [6.45, 7) is 1.80. The van der Waals surface area contributed by atoms with Crippen LogP contribution in [0.1, 0.15) is 11.1 Å². The molecule has 0 amide bonds. The minimum absolute atomic E-state index is 0.688. The molecule has 1 N–H and O–H groups in total. The molecule has 0 aliphatic rings. The van der Waals surface area contributed by atoms with Gasteiger partial charge < -0.3 is 5.32 Å². The van der Waals surface area contributed by atoms with Gasteiger partial charge in [-0.1, -0.05) is 48.5 Å². The van der Waals surface area contributed by atoms with Gasteiger partial charge in [0.15, 0.2) is 0 Å². The molecule has 0 aliphatic carbocycles. The smallest absolute Gasteiger partial charge is 0.0991 e. The Bertz CT molecular complexity index is 1120. The van der Waals surface area contributed by atoms with E-state index in [1.54, 1.807) is 0 Å². The Morgan fingerprint density at radius 1 is 0.897 bits per heavy atom. The van der Waals surface area contributed by atoms with Crippen LogP contribution in [0.2, 0.25) is 0 Å². The Morgan fingerprint density at radius 2 is 1.66 bits per heavy atom. The number of hydrogen-bond acceptors (Lipinski definition) is 4. The second-order valence-electron chi connectivity index (χ2n) is 6.76. The van der Waals surface area contributed by atoms with Gasteiger partial charge in [0.05, 0.1) is 11.6 Å². The summed E-state index contributed by atoms with van der Waals surface area (Å²) >= 11 is 1.87. The molecule has 0 bridgehead atoms. The number of fused-ring (bicyclic) bond motifs is 1. The number of pyridine rings is 1. The largest absolute Gasteiger partial charge is 0.312 e. The molecule has 0 radical (unpaired) electrons. The van der Waals surface area contributed by atoms with Gasteiger partial charge in [0, 0.05) is 41.5 Å². The molecular weight excluding hydrogens is 374 g/mol. The molecule has 0 atom stereocenters. The molecule has 4 rings (SSSR count). The van der Waals surface area contributed by atoms with Gasteiger partial charge in [0.2, 0.25) is 0 Å². The molecule has 0 fully saturated rings. The van der Waals surface area contributed by atoms with Crippen LogP contribution in [-0.2, 0) is 6.54 Å². The Balaban J connectivity index is 1.27. The zero-order valence-corrected chi connectivity index (χ0v) is 16.8. The zero-order valence-electron chi connectivity index (χ0n) is 16.0. The quantitative estimate of drug-likeness (QED) is 0.324. The summed E-state index contributed by atoms with van der Waals surface area (Å²) in [7, 11) is 0. The summed E-state index contributed by atoms with van der Waals surface area (Å²) < 4.78 is 0. The van der Waals surface area contributed by atoms with Crippen molar-refractivity contribution in [3.05, 3.63) is 96.3 Å². The molecule has 4 aromatic rings. The van der Waals surface area contributed by atoms with Crippen LogP contribution >= 0.6 is 11.8 Å². The number of benzene rings is 3. The highest BCUT2D eigenvalue weighted by atomic mass is 32.2. The van der Waals surface area contributed by atoms with Crippen LogP contribution in [0.4, 0.5) is 0 Å². The van der Waals surface area contributed by atoms with Gasteiger partial charge in [0.25, 0.3) is 0 Å². The minimum atomic E-state index is 0.688. The predicted octanol–water partition coefficient (Wildman–Crippen LogP) is 5.66. The number of rotatable bonds is 7. The Labute approximate surface area is 175 Å². The van der Waals surface area contributed by atoms with Crippen molar-refractivity contribution >= 4 is 22.5 Å². The van der Waals surface area contributed by atoms with Crippen LogP contribution in [0.3, 0.4) is 0 Å². The summed E-state index contributed by atoms with van der Waals surface area (Å²) in [6, 6.07) is 26.9. The maximum absolute atomic E-state index is 8.91. The predicted molar refractivity (Wildman–Crippen MR) is 121 cm³/mol. The lowest BCUT2D eigenvalue weighted by molar-refractivity contribution is 0.732. The molecular formula is C25H21N3S. The van der Waals surface area contributed by atoms with Crippen molar-refractivity contribution in [1.82, 2.24) is 10.3 Å². The second-order valence-corrected chi connectivity index (χ2v) is 7.90. The summed E-state index contributed by atoms with van der Waals surface area (Å²) in [5.74, 6) is 1.02. The third-order valence-corrected chi connectivity index (χ3v) is 5.88. The fourth-order valence-corrected chi connectivity index (χ4v) is 4.22. The topological polar surface area (TPSA) is 48.7 Å². The van der Waals surface area contributed by atoms with Gasteiger partial charge >= 0.3 is 0 Å². The third-order valence-electron chi connectivity index (χ3n) is 4.81. The first-order valence-electron chi connectivity index (χ1n) is 9.59. The lowest BCUT2D eigenvalue weighted by Gasteiger charge is -2.08. The molecule has 0 unspecified atom stereocenters. The van der Waals surface area contributed by atoms with E-state index in [1.165, 1.54) is 26.8 Å². The number of nitrogens with zero attached hydrogens (tertiary/aromatic N) is 2. The van der Waals surface area contributed by atoms with Gasteiger partial charge in [-0.25, -0.2) is 0 Å². The van der Waals surface area contributed by atoms with Gasteiger partial charge in [-0.05, 0) is 46.3 Å². The minimum Gasteiger partial charge on any atom is -0.312 e. The lowest BCUT2D eigenvalue weighted by atomic mass is 10.0. The molecule has 3 aromatic carbocycles. The van der Waals surface area contributed by atoms with Crippen LogP contribution in [0.5, 0.6) is 0 Å². The number of hydrogen-bond donors (Lipinski definition) is 1. The van der Waals surface area contributed by atoms with E-state index in [4.69, 9.17) is 5.26 Å². The normalized spacial score (nSPS) is 10.7. The SMILES string of the molecule is N#Cc1ccc(-c2ccc(CNCCSc3cccc4cnccc34)cc2)cc1. The molecule has 1 heterocycles. The van der Waals surface area contributed by atoms with Crippen molar-refractivity contribution in [1.29, 1.82) is 5.26 Å². The first-order chi connectivity index (χ1) is 14.3. The lowest BCUT2D eigenvalue weighted by Crippen LogP contribution is -2.16. The summed E-state index contributed by atoms with van der Waals surface area (Å²) in [5.41, 5.74) is 4.25. The van der Waals surface area contributed by atoms with Gasteiger partial charge in [0.1, 0.15) is 0 Å². The van der Waals surface area contributed by atoms with Gasteiger partial charge in [-0.2, -0.15) is 5.26 Å². The molecule has 0 aliphatic heterocycles. The van der Waals surface area contributed by atoms with E-state index in [2.05, 4.69) is 64.9 Å². The van der Waals surface area contributed by atoms with Crippen LogP contribution in [0.25, 0.3) is 21.9 Å². The zero-order chi connectivity index (χ0) is 19.9. The highest BCUT2D eigenvalue weighted by molar-refractivity contribution is 7.99. The third kappa shape index (κ3) is 4.83. The Morgan fingerprint density at radius 3 is 2.41 bits per heavy atom. The molecule has 142 valence electrons. The highest BCUT2D eigenvalue weighted by Crippen LogP contribution is 2.27. The molecule has 0 spiro atoms. The van der Waals surface area contributed by atoms with Crippen LogP contribution < -0.4 is 5.32 Å². The average molecular weight is 396 g/mol. The van der Waals surface area contributed by atoms with Gasteiger partial charge in [-0.15, -0.1) is 11.8 Å². The monoisotopic (exact) mass is 395 g/mol. The highest BCUT2D eigenvalue weighted by Gasteiger charge is 2.02. The first kappa shape index (κ1) is 19.2. The van der Waals surface area contributed by atoms with E-state index in [-0.39, 0.29) is 0 Å². The second kappa shape index (κ2) is 9.38. The number of nitriles is 1. The fraction of sp³-hybridized carbons (Fsp3) is 0.120. The molecule has 3 nitrogen and oxygen atoms in total. The number of nitrogens with one attached hydrogen (secondary N) is 1. The Kier molecular flexibility index (Phi) is 6.21. The van der Waals surface area contributed by atoms with Crippen molar-refractivity contribution in [3.8, 4) is 17.2 Å². The maximum atomic E-state index is 8.91. The van der Waals surface area contributed by atoms with Crippen molar-refractivity contribution in [2.75, 3.05) is 12.3 Å². The van der Waals surface area contributed by atoms with E-state index in [0.717, 1.165) is 24.4 Å². The van der Waals surface area contributed by atoms with Crippen LogP contribution in [0, 0.1) is 11.3 Å². The standard InChI is InChI=1S/C25H21N3S/c26-16-19-4-8-21(9-5-19)22-10-6-20(7-11-22)17-28-14-15-29-25-3-1-2-23-18-27-13-12-24(23)25/h1-13,18,28H,14-15,17H2. The summed E-state index contributed by atoms with van der Waals surface area (Å²) in [5, 5.41) is 14.9. The first-order valence-corrected chi connectivity index (χ1v) is 10.6. The van der Waals surface area contributed by atoms with E-state index in [9.17, 15) is 0 Å². The summed E-state index contributed by atoms with van der Waals surface area (Å²) in [4.78, 5) is 5.50. The number of aromatic nitrogens is 1. The molecule has 4 heteroatoms. The van der Waals surface area contributed by atoms with E-state index in [1.807, 2.05) is 48.4 Å². The van der Waals surface area contributed by atoms with Crippen LogP contribution in [-0.4, -0.2) is 17.3 Å². The number of thioether (sulfide) groups is 1. The maximum Gasteiger partial charge on any atom is 0.0991 e. The Hall–Kier alpha value is -3.13. The van der Waals surface area contributed by atoms with Crippen molar-refractivity contribution in [2.24, 2.45) is 0 Å². The van der Waals surface area contributed by atoms with E-state index >= 15 is 0 Å².